The maximum Gasteiger partial charge on any atom is 0.317 e. The second kappa shape index (κ2) is 7.61. The Kier molecular flexibility index (Phi) is 5.27. The Balaban J connectivity index is 1.65. The monoisotopic (exact) mass is 351 g/mol. The number of nitrogens with one attached hydrogen (secondary N) is 1. The molecule has 1 atom stereocenters. The van der Waals surface area contributed by atoms with E-state index >= 15 is 0 Å². The van der Waals surface area contributed by atoms with E-state index in [-0.39, 0.29) is 12.1 Å². The zero-order valence-corrected chi connectivity index (χ0v) is 15.4. The first-order chi connectivity index (χ1) is 12.6. The summed E-state index contributed by atoms with van der Waals surface area (Å²) in [5.74, 6) is 0. The summed E-state index contributed by atoms with van der Waals surface area (Å²) in [5.41, 5.74) is 1.54. The van der Waals surface area contributed by atoms with Crippen LogP contribution >= 0.6 is 0 Å². The number of nitrogens with zero attached hydrogens (tertiary/aromatic N) is 4. The van der Waals surface area contributed by atoms with E-state index in [0.29, 0.717) is 25.9 Å². The molecular formula is C20H25N5O. The van der Waals surface area contributed by atoms with Crippen LogP contribution in [-0.4, -0.2) is 33.8 Å². The van der Waals surface area contributed by atoms with Crippen LogP contribution in [0, 0.1) is 11.3 Å². The average molecular weight is 351 g/mol. The lowest BCUT2D eigenvalue weighted by Crippen LogP contribution is -2.49. The van der Waals surface area contributed by atoms with E-state index in [1.807, 2.05) is 55.3 Å². The highest BCUT2D eigenvalue weighted by atomic mass is 16.2. The van der Waals surface area contributed by atoms with Crippen molar-refractivity contribution < 1.29 is 4.79 Å². The largest absolute Gasteiger partial charge is 0.330 e. The number of amides is 2. The maximum absolute atomic E-state index is 12.7. The van der Waals surface area contributed by atoms with Crippen LogP contribution in [0.1, 0.15) is 43.5 Å². The van der Waals surface area contributed by atoms with E-state index in [0.717, 1.165) is 17.7 Å². The van der Waals surface area contributed by atoms with Crippen LogP contribution < -0.4 is 5.32 Å². The van der Waals surface area contributed by atoms with Crippen molar-refractivity contribution in [3.8, 4) is 6.07 Å². The lowest BCUT2D eigenvalue weighted by molar-refractivity contribution is 0.167. The van der Waals surface area contributed by atoms with E-state index in [2.05, 4.69) is 16.5 Å². The van der Waals surface area contributed by atoms with Crippen molar-refractivity contribution in [1.29, 1.82) is 5.26 Å². The molecule has 0 bridgehead atoms. The van der Waals surface area contributed by atoms with Gasteiger partial charge in [-0.05, 0) is 30.9 Å². The molecule has 1 aliphatic heterocycles. The van der Waals surface area contributed by atoms with Gasteiger partial charge in [0.2, 0.25) is 0 Å². The van der Waals surface area contributed by atoms with Crippen molar-refractivity contribution in [2.24, 2.45) is 7.05 Å². The van der Waals surface area contributed by atoms with E-state index in [1.54, 1.807) is 10.9 Å². The summed E-state index contributed by atoms with van der Waals surface area (Å²) in [6.07, 6.45) is 3.85. The fourth-order valence-corrected chi connectivity index (χ4v) is 3.67. The summed E-state index contributed by atoms with van der Waals surface area (Å²) >= 11 is 0. The van der Waals surface area contributed by atoms with Gasteiger partial charge in [-0.3, -0.25) is 4.68 Å². The Bertz CT molecular complexity index is 784. The van der Waals surface area contributed by atoms with E-state index in [4.69, 9.17) is 0 Å². The van der Waals surface area contributed by atoms with Crippen LogP contribution in [0.3, 0.4) is 0 Å². The summed E-state index contributed by atoms with van der Waals surface area (Å²) in [6, 6.07) is 14.2. The fraction of sp³-hybridized carbons (Fsp3) is 0.450. The minimum atomic E-state index is -0.496. The molecule has 1 saturated heterocycles. The Hall–Kier alpha value is -2.81. The molecule has 1 unspecified atom stereocenters. The van der Waals surface area contributed by atoms with Gasteiger partial charge in [0.15, 0.2) is 0 Å². The summed E-state index contributed by atoms with van der Waals surface area (Å²) in [7, 11) is 1.88. The third-order valence-electron chi connectivity index (χ3n) is 5.37. The molecular weight excluding hydrogens is 326 g/mol. The SMILES string of the molecule is CCC(NC(=O)N1CCC(C#N)(c2ccccc2)CC1)c1ccnn1C. The predicted molar refractivity (Wildman–Crippen MR) is 99.3 cm³/mol. The van der Waals surface area contributed by atoms with Crippen molar-refractivity contribution >= 4 is 6.03 Å². The van der Waals surface area contributed by atoms with E-state index < -0.39 is 5.41 Å². The lowest BCUT2D eigenvalue weighted by Gasteiger charge is -2.38. The Morgan fingerprint density at radius 1 is 1.31 bits per heavy atom. The minimum absolute atomic E-state index is 0.0632. The molecule has 6 heteroatoms. The molecule has 6 nitrogen and oxygen atoms in total. The van der Waals surface area contributed by atoms with Crippen LogP contribution in [0.2, 0.25) is 0 Å². The highest BCUT2D eigenvalue weighted by Crippen LogP contribution is 2.35. The fourth-order valence-electron chi connectivity index (χ4n) is 3.67. The van der Waals surface area contributed by atoms with Gasteiger partial charge in [0.25, 0.3) is 0 Å². The second-order valence-corrected chi connectivity index (χ2v) is 6.84. The van der Waals surface area contributed by atoms with Crippen LogP contribution in [0.4, 0.5) is 4.79 Å². The van der Waals surface area contributed by atoms with Crippen molar-refractivity contribution in [3.63, 3.8) is 0 Å². The van der Waals surface area contributed by atoms with Crippen LogP contribution in [-0.2, 0) is 12.5 Å². The summed E-state index contributed by atoms with van der Waals surface area (Å²) < 4.78 is 1.79. The van der Waals surface area contributed by atoms with Gasteiger partial charge in [0.05, 0.1) is 23.2 Å². The first-order valence-corrected chi connectivity index (χ1v) is 9.10. The molecule has 26 heavy (non-hydrogen) atoms. The first kappa shape index (κ1) is 18.0. The van der Waals surface area contributed by atoms with Crippen molar-refractivity contribution in [2.75, 3.05) is 13.1 Å². The average Bonchev–Trinajstić information content (AvgIpc) is 3.12. The Morgan fingerprint density at radius 3 is 2.54 bits per heavy atom. The number of likely N-dealkylation sites (tertiary alicyclic amines) is 1. The van der Waals surface area contributed by atoms with E-state index in [1.165, 1.54) is 0 Å². The number of aromatic nitrogens is 2. The molecule has 0 radical (unpaired) electrons. The van der Waals surface area contributed by atoms with Gasteiger partial charge < -0.3 is 10.2 Å². The summed E-state index contributed by atoms with van der Waals surface area (Å²) in [4.78, 5) is 14.5. The Labute approximate surface area is 154 Å². The molecule has 3 rings (SSSR count). The molecule has 1 aromatic carbocycles. The number of carbonyl (C=O) groups is 1. The Morgan fingerprint density at radius 2 is 2.00 bits per heavy atom. The number of rotatable bonds is 4. The third kappa shape index (κ3) is 3.43. The van der Waals surface area contributed by atoms with Gasteiger partial charge in [-0.1, -0.05) is 37.3 Å². The highest BCUT2D eigenvalue weighted by Gasteiger charge is 2.37. The normalized spacial score (nSPS) is 17.3. The number of hydrogen-bond donors (Lipinski definition) is 1. The number of aryl methyl sites for hydroxylation is 1. The molecule has 2 aromatic rings. The first-order valence-electron chi connectivity index (χ1n) is 9.10. The van der Waals surface area contributed by atoms with Gasteiger partial charge in [0.1, 0.15) is 0 Å². The number of hydrogen-bond acceptors (Lipinski definition) is 3. The topological polar surface area (TPSA) is 74.0 Å². The lowest BCUT2D eigenvalue weighted by atomic mass is 9.74. The van der Waals surface area contributed by atoms with E-state index in [9.17, 15) is 10.1 Å². The molecule has 0 saturated carbocycles. The zero-order chi connectivity index (χ0) is 18.6. The highest BCUT2D eigenvalue weighted by molar-refractivity contribution is 5.75. The zero-order valence-electron chi connectivity index (χ0n) is 15.4. The van der Waals surface area contributed by atoms with Gasteiger partial charge in [-0.2, -0.15) is 10.4 Å². The van der Waals surface area contributed by atoms with Crippen molar-refractivity contribution in [1.82, 2.24) is 20.0 Å². The number of nitriles is 1. The van der Waals surface area contributed by atoms with Gasteiger partial charge in [-0.15, -0.1) is 0 Å². The molecule has 1 fully saturated rings. The number of benzene rings is 1. The maximum atomic E-state index is 12.7. The smallest absolute Gasteiger partial charge is 0.317 e. The predicted octanol–water partition coefficient (Wildman–Crippen LogP) is 3.14. The molecule has 2 heterocycles. The van der Waals surface area contributed by atoms with Crippen LogP contribution in [0.15, 0.2) is 42.6 Å². The third-order valence-corrected chi connectivity index (χ3v) is 5.37. The standard InChI is InChI=1S/C20H25N5O/c1-3-17(18-9-12-22-24(18)2)23-19(26)25-13-10-20(15-21,11-14-25)16-7-5-4-6-8-16/h4-9,12,17H,3,10-11,13-14H2,1-2H3,(H,23,26). The quantitative estimate of drug-likeness (QED) is 0.919. The minimum Gasteiger partial charge on any atom is -0.330 e. The second-order valence-electron chi connectivity index (χ2n) is 6.84. The summed E-state index contributed by atoms with van der Waals surface area (Å²) in [5, 5.41) is 17.1. The number of piperidine rings is 1. The van der Waals surface area contributed by atoms with Gasteiger partial charge >= 0.3 is 6.03 Å². The van der Waals surface area contributed by atoms with Gasteiger partial charge in [-0.25, -0.2) is 4.79 Å². The summed E-state index contributed by atoms with van der Waals surface area (Å²) in [6.45, 7) is 3.20. The molecule has 1 N–H and O–H groups in total. The van der Waals surface area contributed by atoms with Crippen LogP contribution in [0.25, 0.3) is 0 Å². The molecule has 1 aliphatic rings. The van der Waals surface area contributed by atoms with Crippen molar-refractivity contribution in [2.45, 2.75) is 37.6 Å². The molecule has 136 valence electrons. The number of carbonyl (C=O) groups excluding carboxylic acids is 1. The van der Waals surface area contributed by atoms with Crippen LogP contribution in [0.5, 0.6) is 0 Å². The van der Waals surface area contributed by atoms with Gasteiger partial charge in [0, 0.05) is 26.3 Å². The molecule has 0 aliphatic carbocycles. The molecule has 0 spiro atoms. The van der Waals surface area contributed by atoms with Crippen molar-refractivity contribution in [3.05, 3.63) is 53.9 Å². The molecule has 1 aromatic heterocycles. The number of urea groups is 1. The molecule has 2 amide bonds.